The third-order valence-corrected chi connectivity index (χ3v) is 1.35. The monoisotopic (exact) mass is 226 g/mol. The summed E-state index contributed by atoms with van der Waals surface area (Å²) >= 11 is 3.08. The summed E-state index contributed by atoms with van der Waals surface area (Å²) in [7, 11) is 3.21. The molecule has 0 saturated carbocycles. The number of carbonyl (C=O) groups excluding carboxylic acids is 1. The average Bonchev–Trinajstić information content (AvgIpc) is 2.06. The number of ether oxygens (including phenoxy) is 2. The first-order valence-corrected chi connectivity index (χ1v) is 4.40. The highest BCUT2D eigenvalue weighted by molar-refractivity contribution is 9.09. The Morgan fingerprint density at radius 3 is 1.91 bits per heavy atom. The Hall–Kier alpha value is 0.0700. The molecule has 0 aliphatic rings. The van der Waals surface area contributed by atoms with Crippen LogP contribution >= 0.6 is 15.9 Å². The first-order chi connectivity index (χ1) is 5.22. The van der Waals surface area contributed by atoms with Crippen LogP contribution in [-0.2, 0) is 14.3 Å². The maximum absolute atomic E-state index is 9.37. The van der Waals surface area contributed by atoms with Gasteiger partial charge in [-0.2, -0.15) is 0 Å². The molecule has 0 rings (SSSR count). The molecule has 0 amide bonds. The van der Waals surface area contributed by atoms with Gasteiger partial charge >= 0.3 is 0 Å². The summed E-state index contributed by atoms with van der Waals surface area (Å²) in [4.78, 5) is 9.37. The molecular formula is C7H15BrO3. The van der Waals surface area contributed by atoms with Crippen LogP contribution in [0.1, 0.15) is 13.3 Å². The van der Waals surface area contributed by atoms with E-state index in [0.717, 1.165) is 11.6 Å². The SMILES string of the molecule is COC(C)OC.O=CCCBr. The first kappa shape index (κ1) is 13.6. The van der Waals surface area contributed by atoms with Crippen LogP contribution in [0, 0.1) is 0 Å². The van der Waals surface area contributed by atoms with Crippen molar-refractivity contribution >= 4 is 22.2 Å². The third kappa shape index (κ3) is 17.8. The summed E-state index contributed by atoms with van der Waals surface area (Å²) in [5.74, 6) is 0. The van der Waals surface area contributed by atoms with Crippen LogP contribution in [0.25, 0.3) is 0 Å². The highest BCUT2D eigenvalue weighted by Crippen LogP contribution is 1.83. The Bertz CT molecular complexity index is 74.1. The van der Waals surface area contributed by atoms with Crippen molar-refractivity contribution in [1.82, 2.24) is 0 Å². The Balaban J connectivity index is 0. The van der Waals surface area contributed by atoms with Crippen LogP contribution in [0.5, 0.6) is 0 Å². The van der Waals surface area contributed by atoms with Crippen LogP contribution in [0.3, 0.4) is 0 Å². The van der Waals surface area contributed by atoms with Crippen molar-refractivity contribution in [3.05, 3.63) is 0 Å². The largest absolute Gasteiger partial charge is 0.356 e. The number of carbonyl (C=O) groups is 1. The second-order valence-corrected chi connectivity index (χ2v) is 2.48. The van der Waals surface area contributed by atoms with E-state index in [9.17, 15) is 4.79 Å². The zero-order valence-corrected chi connectivity index (χ0v) is 8.76. The number of aldehydes is 1. The normalized spacial score (nSPS) is 8.82. The van der Waals surface area contributed by atoms with E-state index in [1.165, 1.54) is 0 Å². The van der Waals surface area contributed by atoms with Gasteiger partial charge in [0.25, 0.3) is 0 Å². The fraction of sp³-hybridized carbons (Fsp3) is 0.857. The predicted octanol–water partition coefficient (Wildman–Crippen LogP) is 1.60. The maximum Gasteiger partial charge on any atom is 0.154 e. The van der Waals surface area contributed by atoms with E-state index in [4.69, 9.17) is 0 Å². The molecule has 0 aromatic rings. The third-order valence-electron chi connectivity index (χ3n) is 0.891. The molecule has 0 fully saturated rings. The molecule has 0 radical (unpaired) electrons. The van der Waals surface area contributed by atoms with Crippen LogP contribution < -0.4 is 0 Å². The zero-order valence-electron chi connectivity index (χ0n) is 7.17. The smallest absolute Gasteiger partial charge is 0.154 e. The molecule has 0 spiro atoms. The van der Waals surface area contributed by atoms with Gasteiger partial charge in [0, 0.05) is 26.0 Å². The topological polar surface area (TPSA) is 35.5 Å². The van der Waals surface area contributed by atoms with Crippen LogP contribution in [0.4, 0.5) is 0 Å². The molecule has 11 heavy (non-hydrogen) atoms. The van der Waals surface area contributed by atoms with Crippen molar-refractivity contribution in [2.45, 2.75) is 19.6 Å². The Labute approximate surface area is 76.2 Å². The molecule has 0 aromatic carbocycles. The predicted molar refractivity (Wildman–Crippen MR) is 48.0 cm³/mol. The highest BCUT2D eigenvalue weighted by atomic mass is 79.9. The van der Waals surface area contributed by atoms with Crippen molar-refractivity contribution < 1.29 is 14.3 Å². The molecule has 0 saturated heterocycles. The van der Waals surface area contributed by atoms with Gasteiger partial charge in [-0.1, -0.05) is 15.9 Å². The minimum Gasteiger partial charge on any atom is -0.356 e. The summed E-state index contributed by atoms with van der Waals surface area (Å²) in [6.45, 7) is 1.83. The summed E-state index contributed by atoms with van der Waals surface area (Å²) in [6.07, 6.45) is 1.44. The van der Waals surface area contributed by atoms with Crippen LogP contribution in [-0.4, -0.2) is 32.1 Å². The molecule has 4 heteroatoms. The van der Waals surface area contributed by atoms with Gasteiger partial charge in [-0.05, 0) is 6.92 Å². The molecule has 3 nitrogen and oxygen atoms in total. The van der Waals surface area contributed by atoms with E-state index >= 15 is 0 Å². The van der Waals surface area contributed by atoms with E-state index in [1.807, 2.05) is 6.92 Å². The number of methoxy groups -OCH3 is 2. The lowest BCUT2D eigenvalue weighted by molar-refractivity contribution is -0.107. The maximum atomic E-state index is 9.37. The zero-order chi connectivity index (χ0) is 9.11. The quantitative estimate of drug-likeness (QED) is 0.415. The summed E-state index contributed by atoms with van der Waals surface area (Å²) in [6, 6.07) is 0. The molecule has 0 unspecified atom stereocenters. The molecule has 0 heterocycles. The minimum atomic E-state index is -0.0648. The van der Waals surface area contributed by atoms with E-state index in [-0.39, 0.29) is 6.29 Å². The molecule has 0 N–H and O–H groups in total. The number of hydrogen-bond acceptors (Lipinski definition) is 3. The lowest BCUT2D eigenvalue weighted by Crippen LogP contribution is -2.05. The lowest BCUT2D eigenvalue weighted by atomic mass is 10.6. The van der Waals surface area contributed by atoms with Crippen molar-refractivity contribution in [3.8, 4) is 0 Å². The molecule has 0 atom stereocenters. The van der Waals surface area contributed by atoms with Crippen molar-refractivity contribution in [1.29, 1.82) is 0 Å². The number of halogens is 1. The van der Waals surface area contributed by atoms with E-state index in [2.05, 4.69) is 25.4 Å². The average molecular weight is 227 g/mol. The van der Waals surface area contributed by atoms with E-state index < -0.39 is 0 Å². The second kappa shape index (κ2) is 12.7. The fourth-order valence-corrected chi connectivity index (χ4v) is 0.328. The van der Waals surface area contributed by atoms with Gasteiger partial charge in [-0.3, -0.25) is 0 Å². The molecule has 68 valence electrons. The van der Waals surface area contributed by atoms with Gasteiger partial charge in [0.15, 0.2) is 6.29 Å². The Kier molecular flexibility index (Phi) is 15.8. The fourth-order valence-electron chi connectivity index (χ4n) is 0.141. The first-order valence-electron chi connectivity index (χ1n) is 3.28. The molecular weight excluding hydrogens is 212 g/mol. The van der Waals surface area contributed by atoms with Crippen molar-refractivity contribution in [3.63, 3.8) is 0 Å². The van der Waals surface area contributed by atoms with Crippen molar-refractivity contribution in [2.24, 2.45) is 0 Å². The molecule has 0 aliphatic carbocycles. The summed E-state index contributed by atoms with van der Waals surface area (Å²) in [5.41, 5.74) is 0. The number of rotatable bonds is 4. The van der Waals surface area contributed by atoms with Crippen LogP contribution in [0.2, 0.25) is 0 Å². The van der Waals surface area contributed by atoms with Gasteiger partial charge in [0.2, 0.25) is 0 Å². The lowest BCUT2D eigenvalue weighted by Gasteiger charge is -2.03. The van der Waals surface area contributed by atoms with Gasteiger partial charge in [-0.25, -0.2) is 0 Å². The molecule has 0 aromatic heterocycles. The Morgan fingerprint density at radius 2 is 1.91 bits per heavy atom. The second-order valence-electron chi connectivity index (χ2n) is 1.68. The Morgan fingerprint density at radius 1 is 1.45 bits per heavy atom. The minimum absolute atomic E-state index is 0.0648. The number of hydrogen-bond donors (Lipinski definition) is 0. The standard InChI is InChI=1S/C4H10O2.C3H5BrO/c1-4(5-2)6-3;4-2-1-3-5/h4H,1-3H3;3H,1-2H2. The van der Waals surface area contributed by atoms with E-state index in [0.29, 0.717) is 6.42 Å². The molecule has 0 bridgehead atoms. The van der Waals surface area contributed by atoms with Gasteiger partial charge in [0.05, 0.1) is 0 Å². The highest BCUT2D eigenvalue weighted by Gasteiger charge is 1.87. The summed E-state index contributed by atoms with van der Waals surface area (Å²) in [5, 5.41) is 0.788. The van der Waals surface area contributed by atoms with Gasteiger partial charge in [0.1, 0.15) is 6.29 Å². The van der Waals surface area contributed by atoms with Gasteiger partial charge < -0.3 is 14.3 Å². The van der Waals surface area contributed by atoms with Crippen LogP contribution in [0.15, 0.2) is 0 Å². The van der Waals surface area contributed by atoms with Crippen molar-refractivity contribution in [2.75, 3.05) is 19.5 Å². The summed E-state index contributed by atoms with van der Waals surface area (Å²) < 4.78 is 9.35. The van der Waals surface area contributed by atoms with Gasteiger partial charge in [-0.15, -0.1) is 0 Å². The van der Waals surface area contributed by atoms with E-state index in [1.54, 1.807) is 14.2 Å². The number of alkyl halides is 1. The molecule has 0 aliphatic heterocycles.